The molecule has 1 aromatic heterocycles. The summed E-state index contributed by atoms with van der Waals surface area (Å²) in [6.07, 6.45) is -4.02. The largest absolute Gasteiger partial charge is 0.401 e. The number of aromatic nitrogens is 2. The second kappa shape index (κ2) is 9.67. The number of carbonyl (C=O) groups excluding carboxylic acids is 1. The van der Waals surface area contributed by atoms with Crippen molar-refractivity contribution < 1.29 is 26.4 Å². The van der Waals surface area contributed by atoms with Gasteiger partial charge in [0.15, 0.2) is 0 Å². The lowest BCUT2D eigenvalue weighted by molar-refractivity contribution is -0.143. The number of imidazole rings is 1. The van der Waals surface area contributed by atoms with Crippen LogP contribution in [0.1, 0.15) is 16.8 Å². The van der Waals surface area contributed by atoms with Crippen molar-refractivity contribution in [1.29, 1.82) is 0 Å². The number of sulfonamides is 1. The Morgan fingerprint density at radius 1 is 1.09 bits per heavy atom. The third kappa shape index (κ3) is 6.58. The van der Waals surface area contributed by atoms with Crippen molar-refractivity contribution in [2.45, 2.75) is 17.5 Å². The van der Waals surface area contributed by atoms with Crippen molar-refractivity contribution in [2.75, 3.05) is 31.4 Å². The molecule has 0 atom stereocenters. The Hall–Kier alpha value is -3.32. The van der Waals surface area contributed by atoms with Gasteiger partial charge in [-0.1, -0.05) is 12.1 Å². The zero-order valence-corrected chi connectivity index (χ0v) is 18.3. The Labute approximate surface area is 187 Å². The van der Waals surface area contributed by atoms with Gasteiger partial charge < -0.3 is 15.3 Å². The van der Waals surface area contributed by atoms with Crippen molar-refractivity contribution in [3.8, 4) is 0 Å². The first-order valence-corrected chi connectivity index (χ1v) is 11.3. The zero-order chi connectivity index (χ0) is 24.2. The Balaban J connectivity index is 1.66. The van der Waals surface area contributed by atoms with Crippen LogP contribution in [0.15, 0.2) is 52.2 Å². The van der Waals surface area contributed by atoms with Crippen molar-refractivity contribution in [2.24, 2.45) is 0 Å². The van der Waals surface area contributed by atoms with E-state index in [4.69, 9.17) is 0 Å². The molecular formula is C20H22F3N5O4S. The van der Waals surface area contributed by atoms with Crippen LogP contribution in [0.5, 0.6) is 0 Å². The minimum Gasteiger partial charge on any atom is -0.352 e. The van der Waals surface area contributed by atoms with Crippen LogP contribution >= 0.6 is 0 Å². The second-order valence-electron chi connectivity index (χ2n) is 7.40. The van der Waals surface area contributed by atoms with E-state index in [0.717, 1.165) is 4.90 Å². The SMILES string of the molecule is CN(CCCNC(=O)c1ccccc1NS(=O)(=O)c1ccc2[nH]c(=O)[nH]c2c1)CC(F)(F)F. The summed E-state index contributed by atoms with van der Waals surface area (Å²) in [6, 6.07) is 9.99. The van der Waals surface area contributed by atoms with Crippen LogP contribution in [-0.2, 0) is 10.0 Å². The number of aromatic amines is 2. The molecule has 33 heavy (non-hydrogen) atoms. The van der Waals surface area contributed by atoms with Gasteiger partial charge >= 0.3 is 11.9 Å². The maximum Gasteiger partial charge on any atom is 0.401 e. The van der Waals surface area contributed by atoms with Crippen LogP contribution in [-0.4, -0.2) is 62.1 Å². The third-order valence-corrected chi connectivity index (χ3v) is 6.03. The molecule has 0 aliphatic rings. The lowest BCUT2D eigenvalue weighted by atomic mass is 10.1. The number of amides is 1. The highest BCUT2D eigenvalue weighted by Crippen LogP contribution is 2.22. The molecule has 178 valence electrons. The molecule has 0 saturated carbocycles. The van der Waals surface area contributed by atoms with Crippen LogP contribution in [0.2, 0.25) is 0 Å². The van der Waals surface area contributed by atoms with Crippen molar-refractivity contribution in [3.63, 3.8) is 0 Å². The molecule has 0 spiro atoms. The second-order valence-corrected chi connectivity index (χ2v) is 9.08. The molecule has 0 fully saturated rings. The fourth-order valence-corrected chi connectivity index (χ4v) is 4.29. The van der Waals surface area contributed by atoms with Crippen molar-refractivity contribution >= 4 is 32.7 Å². The number of fused-ring (bicyclic) bond motifs is 1. The fraction of sp³-hybridized carbons (Fsp3) is 0.300. The van der Waals surface area contributed by atoms with E-state index in [9.17, 15) is 31.2 Å². The average Bonchev–Trinajstić information content (AvgIpc) is 3.09. The van der Waals surface area contributed by atoms with Gasteiger partial charge in [-0.25, -0.2) is 13.2 Å². The van der Waals surface area contributed by atoms with Gasteiger partial charge in [0.2, 0.25) is 0 Å². The maximum atomic E-state index is 12.8. The van der Waals surface area contributed by atoms with Gasteiger partial charge in [0.1, 0.15) is 0 Å². The number of halogens is 3. The lowest BCUT2D eigenvalue weighted by Crippen LogP contribution is -2.34. The Kier molecular flexibility index (Phi) is 7.12. The molecular weight excluding hydrogens is 463 g/mol. The molecule has 3 rings (SSSR count). The number of hydrogen-bond acceptors (Lipinski definition) is 5. The molecule has 1 heterocycles. The zero-order valence-electron chi connectivity index (χ0n) is 17.5. The Bertz CT molecular complexity index is 1300. The predicted octanol–water partition coefficient (Wildman–Crippen LogP) is 2.27. The standard InChI is InChI=1S/C20H22F3N5O4S/c1-28(12-20(21,22)23)10-4-9-24-18(29)14-5-2-3-6-15(14)27-33(31,32)13-7-8-16-17(11-13)26-19(30)25-16/h2-3,5-8,11,27H,4,9-10,12H2,1H3,(H,24,29)(H2,25,26,30). The molecule has 13 heteroatoms. The highest BCUT2D eigenvalue weighted by molar-refractivity contribution is 7.92. The molecule has 0 saturated heterocycles. The molecule has 4 N–H and O–H groups in total. The quantitative estimate of drug-likeness (QED) is 0.346. The number of nitrogens with zero attached hydrogens (tertiary/aromatic N) is 1. The van der Waals surface area contributed by atoms with E-state index in [1.54, 1.807) is 12.1 Å². The third-order valence-electron chi connectivity index (χ3n) is 4.67. The minimum absolute atomic E-state index is 0.0341. The van der Waals surface area contributed by atoms with Gasteiger partial charge in [-0.3, -0.25) is 14.4 Å². The van der Waals surface area contributed by atoms with Gasteiger partial charge in [-0.15, -0.1) is 0 Å². The molecule has 0 aliphatic carbocycles. The van der Waals surface area contributed by atoms with Gasteiger partial charge in [-0.05, 0) is 50.3 Å². The summed E-state index contributed by atoms with van der Waals surface area (Å²) in [4.78, 5) is 29.9. The average molecular weight is 485 g/mol. The fourth-order valence-electron chi connectivity index (χ4n) is 3.18. The normalized spacial score (nSPS) is 12.3. The van der Waals surface area contributed by atoms with E-state index in [2.05, 4.69) is 20.0 Å². The molecule has 9 nitrogen and oxygen atoms in total. The molecule has 0 unspecified atom stereocenters. The summed E-state index contributed by atoms with van der Waals surface area (Å²) in [7, 11) is -2.75. The summed E-state index contributed by atoms with van der Waals surface area (Å²) in [5.41, 5.74) is 0.371. The maximum absolute atomic E-state index is 12.8. The number of carbonyl (C=O) groups is 1. The molecule has 0 radical (unpaired) electrons. The van der Waals surface area contributed by atoms with E-state index in [1.165, 1.54) is 37.4 Å². The molecule has 0 bridgehead atoms. The van der Waals surface area contributed by atoms with E-state index in [1.807, 2.05) is 0 Å². The number of nitrogens with one attached hydrogen (secondary N) is 4. The topological polar surface area (TPSA) is 127 Å². The van der Waals surface area contributed by atoms with E-state index in [-0.39, 0.29) is 35.7 Å². The van der Waals surface area contributed by atoms with Gasteiger partial charge in [-0.2, -0.15) is 13.2 Å². The summed E-state index contributed by atoms with van der Waals surface area (Å²) in [5.74, 6) is -0.572. The van der Waals surface area contributed by atoms with Crippen LogP contribution in [0.4, 0.5) is 18.9 Å². The Morgan fingerprint density at radius 2 is 1.79 bits per heavy atom. The number of anilines is 1. The first-order valence-electron chi connectivity index (χ1n) is 9.82. The van der Waals surface area contributed by atoms with E-state index < -0.39 is 34.3 Å². The monoisotopic (exact) mass is 485 g/mol. The van der Waals surface area contributed by atoms with Gasteiger partial charge in [0, 0.05) is 6.54 Å². The Morgan fingerprint density at radius 3 is 2.52 bits per heavy atom. The smallest absolute Gasteiger partial charge is 0.352 e. The molecule has 3 aromatic rings. The van der Waals surface area contributed by atoms with Crippen LogP contribution in [0.3, 0.4) is 0 Å². The van der Waals surface area contributed by atoms with Gasteiger partial charge in [0.05, 0.1) is 33.7 Å². The molecule has 1 amide bonds. The minimum atomic E-state index is -4.30. The number of alkyl halides is 3. The van der Waals surface area contributed by atoms with Gasteiger partial charge in [0.25, 0.3) is 15.9 Å². The van der Waals surface area contributed by atoms with Crippen molar-refractivity contribution in [3.05, 3.63) is 58.5 Å². The highest BCUT2D eigenvalue weighted by Gasteiger charge is 2.28. The predicted molar refractivity (Wildman–Crippen MR) is 117 cm³/mol. The van der Waals surface area contributed by atoms with E-state index in [0.29, 0.717) is 11.0 Å². The van der Waals surface area contributed by atoms with Crippen LogP contribution < -0.4 is 15.7 Å². The van der Waals surface area contributed by atoms with E-state index >= 15 is 0 Å². The number of benzene rings is 2. The first-order chi connectivity index (χ1) is 15.4. The van der Waals surface area contributed by atoms with Crippen LogP contribution in [0, 0.1) is 0 Å². The lowest BCUT2D eigenvalue weighted by Gasteiger charge is -2.18. The number of rotatable bonds is 9. The summed E-state index contributed by atoms with van der Waals surface area (Å²) in [5, 5.41) is 2.58. The number of para-hydroxylation sites is 1. The summed E-state index contributed by atoms with van der Waals surface area (Å²) >= 11 is 0. The van der Waals surface area contributed by atoms with Crippen LogP contribution in [0.25, 0.3) is 11.0 Å². The van der Waals surface area contributed by atoms with Crippen molar-refractivity contribution in [1.82, 2.24) is 20.2 Å². The number of H-pyrrole nitrogens is 2. The summed E-state index contributed by atoms with van der Waals surface area (Å²) < 4.78 is 65.1. The summed E-state index contributed by atoms with van der Waals surface area (Å²) in [6.45, 7) is -0.814. The highest BCUT2D eigenvalue weighted by atomic mass is 32.2. The first kappa shape index (κ1) is 24.3. The molecule has 2 aromatic carbocycles. The number of hydrogen-bond donors (Lipinski definition) is 4. The molecule has 0 aliphatic heterocycles.